The van der Waals surface area contributed by atoms with Crippen LogP contribution >= 0.6 is 0 Å². The number of carbonyl (C=O) groups excluding carboxylic acids is 3. The van der Waals surface area contributed by atoms with Crippen molar-refractivity contribution in [2.45, 2.75) is 59.0 Å². The Labute approximate surface area is 185 Å². The SMILES string of the molecule is COCCNC(=O)C(NC(=O)C(CCCc1ccccc1)C(C)N(O)C=O)C(C)(C)C. The lowest BCUT2D eigenvalue weighted by Crippen LogP contribution is -2.56. The second-order valence-corrected chi connectivity index (χ2v) is 8.80. The lowest BCUT2D eigenvalue weighted by Gasteiger charge is -2.33. The van der Waals surface area contributed by atoms with Crippen LogP contribution in [0.25, 0.3) is 0 Å². The first-order valence-corrected chi connectivity index (χ1v) is 10.6. The molecule has 0 aliphatic carbocycles. The van der Waals surface area contributed by atoms with Gasteiger partial charge in [-0.3, -0.25) is 19.6 Å². The van der Waals surface area contributed by atoms with E-state index in [-0.39, 0.29) is 11.8 Å². The van der Waals surface area contributed by atoms with Gasteiger partial charge in [0.05, 0.1) is 18.6 Å². The zero-order valence-electron chi connectivity index (χ0n) is 19.3. The fraction of sp³-hybridized carbons (Fsp3) is 0.609. The van der Waals surface area contributed by atoms with E-state index in [1.807, 2.05) is 51.1 Å². The number of nitrogens with one attached hydrogen (secondary N) is 2. The molecule has 3 unspecified atom stereocenters. The lowest BCUT2D eigenvalue weighted by atomic mass is 9.84. The summed E-state index contributed by atoms with van der Waals surface area (Å²) in [4.78, 5) is 36.9. The predicted octanol–water partition coefficient (Wildman–Crippen LogP) is 2.16. The number of benzene rings is 1. The number of hydrogen-bond donors (Lipinski definition) is 3. The molecule has 0 fully saturated rings. The second-order valence-electron chi connectivity index (χ2n) is 8.80. The van der Waals surface area contributed by atoms with E-state index in [9.17, 15) is 19.6 Å². The Morgan fingerprint density at radius 3 is 2.39 bits per heavy atom. The van der Waals surface area contributed by atoms with Gasteiger partial charge in [-0.15, -0.1) is 0 Å². The average molecular weight is 436 g/mol. The first-order chi connectivity index (χ1) is 14.6. The van der Waals surface area contributed by atoms with Crippen LogP contribution in [-0.4, -0.2) is 60.8 Å². The van der Waals surface area contributed by atoms with Crippen molar-refractivity contribution in [3.05, 3.63) is 35.9 Å². The number of ether oxygens (including phenoxy) is 1. The molecular weight excluding hydrogens is 398 g/mol. The third-order valence-corrected chi connectivity index (χ3v) is 5.29. The molecule has 0 saturated heterocycles. The van der Waals surface area contributed by atoms with E-state index in [2.05, 4.69) is 10.6 Å². The Bertz CT molecular complexity index is 690. The number of methoxy groups -OCH3 is 1. The molecule has 3 atom stereocenters. The van der Waals surface area contributed by atoms with E-state index in [0.717, 1.165) is 12.0 Å². The van der Waals surface area contributed by atoms with E-state index in [1.54, 1.807) is 14.0 Å². The summed E-state index contributed by atoms with van der Waals surface area (Å²) in [6, 6.07) is 8.39. The maximum atomic E-state index is 13.2. The summed E-state index contributed by atoms with van der Waals surface area (Å²) in [5, 5.41) is 16.0. The number of rotatable bonds is 13. The minimum atomic E-state index is -0.774. The molecule has 0 spiro atoms. The van der Waals surface area contributed by atoms with Crippen LogP contribution in [0.15, 0.2) is 30.3 Å². The number of aryl methyl sites for hydroxylation is 1. The van der Waals surface area contributed by atoms with Crippen LogP contribution in [0.5, 0.6) is 0 Å². The molecule has 8 nitrogen and oxygen atoms in total. The molecule has 0 heterocycles. The molecule has 0 aliphatic heterocycles. The Balaban J connectivity index is 2.91. The van der Waals surface area contributed by atoms with Gasteiger partial charge in [0.1, 0.15) is 6.04 Å². The minimum absolute atomic E-state index is 0.293. The lowest BCUT2D eigenvalue weighted by molar-refractivity contribution is -0.166. The zero-order valence-corrected chi connectivity index (χ0v) is 19.3. The number of amides is 3. The van der Waals surface area contributed by atoms with Crippen LogP contribution in [0.3, 0.4) is 0 Å². The van der Waals surface area contributed by atoms with Crippen molar-refractivity contribution in [2.75, 3.05) is 20.3 Å². The fourth-order valence-electron chi connectivity index (χ4n) is 3.35. The molecule has 174 valence electrons. The van der Waals surface area contributed by atoms with Gasteiger partial charge in [-0.05, 0) is 37.2 Å². The van der Waals surface area contributed by atoms with Gasteiger partial charge in [0, 0.05) is 13.7 Å². The monoisotopic (exact) mass is 435 g/mol. The predicted molar refractivity (Wildman–Crippen MR) is 118 cm³/mol. The highest BCUT2D eigenvalue weighted by Crippen LogP contribution is 2.23. The number of hydroxylamine groups is 2. The third-order valence-electron chi connectivity index (χ3n) is 5.29. The van der Waals surface area contributed by atoms with Gasteiger partial charge in [-0.25, -0.2) is 5.06 Å². The topological polar surface area (TPSA) is 108 Å². The van der Waals surface area contributed by atoms with Crippen molar-refractivity contribution in [1.29, 1.82) is 0 Å². The zero-order chi connectivity index (χ0) is 23.4. The summed E-state index contributed by atoms with van der Waals surface area (Å²) < 4.78 is 4.96. The summed E-state index contributed by atoms with van der Waals surface area (Å²) in [6.07, 6.45) is 2.21. The van der Waals surface area contributed by atoms with Gasteiger partial charge in [0.25, 0.3) is 0 Å². The summed E-state index contributed by atoms with van der Waals surface area (Å²) in [7, 11) is 1.55. The smallest absolute Gasteiger partial charge is 0.243 e. The van der Waals surface area contributed by atoms with Crippen molar-refractivity contribution in [3.63, 3.8) is 0 Å². The van der Waals surface area contributed by atoms with E-state index >= 15 is 0 Å². The maximum absolute atomic E-state index is 13.2. The number of carbonyl (C=O) groups is 3. The van der Waals surface area contributed by atoms with Crippen LogP contribution < -0.4 is 10.6 Å². The summed E-state index contributed by atoms with van der Waals surface area (Å²) in [5.74, 6) is -1.34. The molecule has 0 aromatic heterocycles. The molecule has 31 heavy (non-hydrogen) atoms. The van der Waals surface area contributed by atoms with Crippen LogP contribution in [0.2, 0.25) is 0 Å². The first kappa shape index (κ1) is 26.6. The molecule has 1 aromatic rings. The Kier molecular flexibility index (Phi) is 11.2. The Morgan fingerprint density at radius 2 is 1.84 bits per heavy atom. The van der Waals surface area contributed by atoms with Crippen molar-refractivity contribution < 1.29 is 24.3 Å². The molecule has 0 saturated carbocycles. The normalized spacial score (nSPS) is 14.3. The highest BCUT2D eigenvalue weighted by Gasteiger charge is 2.36. The van der Waals surface area contributed by atoms with E-state index < -0.39 is 23.4 Å². The highest BCUT2D eigenvalue weighted by atomic mass is 16.5. The average Bonchev–Trinajstić information content (AvgIpc) is 2.73. The first-order valence-electron chi connectivity index (χ1n) is 10.6. The Morgan fingerprint density at radius 1 is 1.19 bits per heavy atom. The largest absolute Gasteiger partial charge is 0.383 e. The molecule has 1 aromatic carbocycles. The van der Waals surface area contributed by atoms with E-state index in [1.165, 1.54) is 0 Å². The van der Waals surface area contributed by atoms with E-state index in [0.29, 0.717) is 37.5 Å². The van der Waals surface area contributed by atoms with Crippen molar-refractivity contribution in [1.82, 2.24) is 15.7 Å². The van der Waals surface area contributed by atoms with Gasteiger partial charge >= 0.3 is 0 Å². The molecular formula is C23H37N3O5. The van der Waals surface area contributed by atoms with Crippen LogP contribution in [0.4, 0.5) is 0 Å². The van der Waals surface area contributed by atoms with Gasteiger partial charge in [0.2, 0.25) is 18.2 Å². The van der Waals surface area contributed by atoms with Crippen molar-refractivity contribution in [2.24, 2.45) is 11.3 Å². The van der Waals surface area contributed by atoms with Crippen LogP contribution in [0.1, 0.15) is 46.1 Å². The minimum Gasteiger partial charge on any atom is -0.383 e. The second kappa shape index (κ2) is 13.1. The summed E-state index contributed by atoms with van der Waals surface area (Å²) in [5.41, 5.74) is 0.615. The molecule has 0 radical (unpaired) electrons. The third kappa shape index (κ3) is 9.06. The van der Waals surface area contributed by atoms with Crippen LogP contribution in [-0.2, 0) is 25.5 Å². The Hall–Kier alpha value is -2.45. The quantitative estimate of drug-likeness (QED) is 0.190. The van der Waals surface area contributed by atoms with Gasteiger partial charge in [-0.2, -0.15) is 0 Å². The standard InChI is InChI=1S/C23H37N3O5/c1-17(26(30)16-27)19(13-9-12-18-10-7-6-8-11-18)21(28)25-20(23(2,3)4)22(29)24-14-15-31-5/h6-8,10-11,16-17,19-20,30H,9,12-15H2,1-5H3,(H,24,29)(H,25,28). The maximum Gasteiger partial charge on any atom is 0.243 e. The van der Waals surface area contributed by atoms with Gasteiger partial charge < -0.3 is 15.4 Å². The highest BCUT2D eigenvalue weighted by molar-refractivity contribution is 5.89. The van der Waals surface area contributed by atoms with Gasteiger partial charge in [0.15, 0.2) is 0 Å². The molecule has 3 N–H and O–H groups in total. The van der Waals surface area contributed by atoms with Crippen molar-refractivity contribution in [3.8, 4) is 0 Å². The summed E-state index contributed by atoms with van der Waals surface area (Å²) >= 11 is 0. The molecule has 0 aliphatic rings. The molecule has 1 rings (SSSR count). The van der Waals surface area contributed by atoms with Crippen LogP contribution in [0, 0.1) is 11.3 Å². The van der Waals surface area contributed by atoms with Crippen molar-refractivity contribution >= 4 is 18.2 Å². The molecule has 0 bridgehead atoms. The fourth-order valence-corrected chi connectivity index (χ4v) is 3.35. The molecule has 3 amide bonds. The number of hydrogen-bond acceptors (Lipinski definition) is 5. The van der Waals surface area contributed by atoms with Gasteiger partial charge in [-0.1, -0.05) is 51.1 Å². The van der Waals surface area contributed by atoms with E-state index in [4.69, 9.17) is 4.74 Å². The summed E-state index contributed by atoms with van der Waals surface area (Å²) in [6.45, 7) is 7.92. The molecule has 8 heteroatoms. The number of nitrogens with zero attached hydrogens (tertiary/aromatic N) is 1.